The van der Waals surface area contributed by atoms with Gasteiger partial charge in [0.2, 0.25) is 5.91 Å². The Bertz CT molecular complexity index is 875. The molecule has 1 heterocycles. The van der Waals surface area contributed by atoms with E-state index in [4.69, 9.17) is 5.11 Å². The smallest absolute Gasteiger partial charge is 0.303 e. The SMILES string of the molecule is CC(=O)NC1Cc2ccc(C(=CCCCCC(=O)O)c3cccnc3)cc2C1. The van der Waals surface area contributed by atoms with E-state index in [9.17, 15) is 9.59 Å². The van der Waals surface area contributed by atoms with Gasteiger partial charge in [-0.05, 0) is 60.4 Å². The average Bonchev–Trinajstić information content (AvgIpc) is 3.05. The Hall–Kier alpha value is -2.95. The van der Waals surface area contributed by atoms with Gasteiger partial charge in [0.1, 0.15) is 0 Å². The molecule has 1 unspecified atom stereocenters. The van der Waals surface area contributed by atoms with Crippen molar-refractivity contribution >= 4 is 17.4 Å². The molecular weight excluding hydrogens is 352 g/mol. The summed E-state index contributed by atoms with van der Waals surface area (Å²) in [5, 5.41) is 11.8. The molecule has 3 rings (SSSR count). The van der Waals surface area contributed by atoms with Crippen LogP contribution in [0.1, 0.15) is 54.9 Å². The van der Waals surface area contributed by atoms with Gasteiger partial charge in [0.15, 0.2) is 0 Å². The van der Waals surface area contributed by atoms with Gasteiger partial charge in [0.25, 0.3) is 0 Å². The van der Waals surface area contributed by atoms with E-state index in [0.29, 0.717) is 6.42 Å². The van der Waals surface area contributed by atoms with Crippen molar-refractivity contribution in [2.45, 2.75) is 51.5 Å². The van der Waals surface area contributed by atoms with E-state index in [1.165, 1.54) is 11.1 Å². The van der Waals surface area contributed by atoms with Crippen LogP contribution in [0.25, 0.3) is 5.57 Å². The molecule has 0 aliphatic heterocycles. The number of allylic oxidation sites excluding steroid dienone is 1. The van der Waals surface area contributed by atoms with Crippen molar-refractivity contribution in [3.05, 3.63) is 71.1 Å². The maximum Gasteiger partial charge on any atom is 0.303 e. The molecule has 0 saturated heterocycles. The van der Waals surface area contributed by atoms with Gasteiger partial charge in [-0.15, -0.1) is 0 Å². The van der Waals surface area contributed by atoms with Crippen molar-refractivity contribution < 1.29 is 14.7 Å². The summed E-state index contributed by atoms with van der Waals surface area (Å²) in [5.74, 6) is -0.737. The van der Waals surface area contributed by atoms with Crippen molar-refractivity contribution in [3.63, 3.8) is 0 Å². The van der Waals surface area contributed by atoms with Gasteiger partial charge in [0.05, 0.1) is 0 Å². The summed E-state index contributed by atoms with van der Waals surface area (Å²) >= 11 is 0. The van der Waals surface area contributed by atoms with Crippen LogP contribution < -0.4 is 5.32 Å². The normalized spacial score (nSPS) is 15.9. The Morgan fingerprint density at radius 3 is 2.71 bits per heavy atom. The number of unbranched alkanes of at least 4 members (excludes halogenated alkanes) is 2. The van der Waals surface area contributed by atoms with Crippen molar-refractivity contribution in [2.75, 3.05) is 0 Å². The number of carboxylic acid groups (broad SMARTS) is 1. The second-order valence-corrected chi connectivity index (χ2v) is 7.29. The number of aliphatic carboxylic acids is 1. The Balaban J connectivity index is 1.80. The number of carboxylic acids is 1. The van der Waals surface area contributed by atoms with Crippen LogP contribution in [0.2, 0.25) is 0 Å². The molecule has 0 fully saturated rings. The Kier molecular flexibility index (Phi) is 6.58. The summed E-state index contributed by atoms with van der Waals surface area (Å²) in [4.78, 5) is 26.3. The van der Waals surface area contributed by atoms with E-state index >= 15 is 0 Å². The van der Waals surface area contributed by atoms with Crippen LogP contribution in [0.4, 0.5) is 0 Å². The lowest BCUT2D eigenvalue weighted by atomic mass is 9.94. The summed E-state index contributed by atoms with van der Waals surface area (Å²) in [6, 6.07) is 10.6. The predicted octanol–water partition coefficient (Wildman–Crippen LogP) is 3.76. The van der Waals surface area contributed by atoms with Crippen LogP contribution in [0.5, 0.6) is 0 Å². The van der Waals surface area contributed by atoms with Crippen LogP contribution in [-0.4, -0.2) is 28.0 Å². The predicted molar refractivity (Wildman–Crippen MR) is 109 cm³/mol. The van der Waals surface area contributed by atoms with Gasteiger partial charge in [0, 0.05) is 37.3 Å². The fraction of sp³-hybridized carbons (Fsp3) is 0.348. The minimum atomic E-state index is -0.746. The molecule has 0 saturated carbocycles. The molecule has 1 amide bonds. The van der Waals surface area contributed by atoms with E-state index in [0.717, 1.165) is 42.4 Å². The van der Waals surface area contributed by atoms with Crippen molar-refractivity contribution in [2.24, 2.45) is 0 Å². The molecule has 1 aliphatic rings. The second-order valence-electron chi connectivity index (χ2n) is 7.29. The number of hydrogen-bond donors (Lipinski definition) is 2. The fourth-order valence-corrected chi connectivity index (χ4v) is 3.77. The number of fused-ring (bicyclic) bond motifs is 1. The molecule has 0 radical (unpaired) electrons. The van der Waals surface area contributed by atoms with Gasteiger partial charge in [-0.3, -0.25) is 14.6 Å². The lowest BCUT2D eigenvalue weighted by Crippen LogP contribution is -2.33. The van der Waals surface area contributed by atoms with E-state index in [-0.39, 0.29) is 18.4 Å². The Morgan fingerprint density at radius 2 is 2.00 bits per heavy atom. The number of hydrogen-bond acceptors (Lipinski definition) is 3. The van der Waals surface area contributed by atoms with Crippen LogP contribution in [0.3, 0.4) is 0 Å². The minimum absolute atomic E-state index is 0.00957. The molecule has 2 N–H and O–H groups in total. The molecule has 0 bridgehead atoms. The Labute approximate surface area is 165 Å². The summed E-state index contributed by atoms with van der Waals surface area (Å²) in [6.45, 7) is 1.56. The molecule has 28 heavy (non-hydrogen) atoms. The quantitative estimate of drug-likeness (QED) is 0.686. The van der Waals surface area contributed by atoms with E-state index in [1.807, 2.05) is 18.3 Å². The monoisotopic (exact) mass is 378 g/mol. The maximum absolute atomic E-state index is 11.4. The first kappa shape index (κ1) is 19.8. The third-order valence-corrected chi connectivity index (χ3v) is 5.02. The molecule has 1 atom stereocenters. The highest BCUT2D eigenvalue weighted by Crippen LogP contribution is 2.30. The summed E-state index contributed by atoms with van der Waals surface area (Å²) in [6.07, 6.45) is 10.1. The van der Waals surface area contributed by atoms with Crippen LogP contribution >= 0.6 is 0 Å². The molecule has 1 aromatic carbocycles. The fourth-order valence-electron chi connectivity index (χ4n) is 3.77. The molecule has 1 aromatic heterocycles. The molecule has 146 valence electrons. The second kappa shape index (κ2) is 9.31. The number of benzene rings is 1. The molecular formula is C23H26N2O3. The number of carbonyl (C=O) groups excluding carboxylic acids is 1. The number of pyridine rings is 1. The van der Waals surface area contributed by atoms with Crippen LogP contribution in [0.15, 0.2) is 48.8 Å². The molecule has 2 aromatic rings. The molecule has 1 aliphatic carbocycles. The number of nitrogens with zero attached hydrogens (tertiary/aromatic N) is 1. The lowest BCUT2D eigenvalue weighted by Gasteiger charge is -2.11. The first-order chi connectivity index (χ1) is 13.5. The maximum atomic E-state index is 11.4. The van der Waals surface area contributed by atoms with E-state index in [2.05, 4.69) is 34.6 Å². The van der Waals surface area contributed by atoms with Crippen molar-refractivity contribution in [3.8, 4) is 0 Å². The zero-order valence-electron chi connectivity index (χ0n) is 16.1. The topological polar surface area (TPSA) is 79.3 Å². The van der Waals surface area contributed by atoms with Gasteiger partial charge >= 0.3 is 5.97 Å². The summed E-state index contributed by atoms with van der Waals surface area (Å²) < 4.78 is 0. The first-order valence-corrected chi connectivity index (χ1v) is 9.74. The minimum Gasteiger partial charge on any atom is -0.481 e. The standard InChI is InChI=1S/C23H26N2O3/c1-16(26)25-21-13-17-9-10-18(12-20(17)14-21)22(19-6-5-11-24-15-19)7-3-2-4-8-23(27)28/h5-7,9-12,15,21H,2-4,8,13-14H2,1H3,(H,25,26)(H,27,28). The van der Waals surface area contributed by atoms with E-state index in [1.54, 1.807) is 13.1 Å². The summed E-state index contributed by atoms with van der Waals surface area (Å²) in [7, 11) is 0. The number of nitrogens with one attached hydrogen (secondary N) is 1. The highest BCUT2D eigenvalue weighted by atomic mass is 16.4. The van der Waals surface area contributed by atoms with Gasteiger partial charge in [-0.2, -0.15) is 0 Å². The molecule has 5 heteroatoms. The van der Waals surface area contributed by atoms with Gasteiger partial charge in [-0.1, -0.05) is 30.3 Å². The number of carbonyl (C=O) groups is 2. The molecule has 0 spiro atoms. The third kappa shape index (κ3) is 5.28. The van der Waals surface area contributed by atoms with Crippen LogP contribution in [0, 0.1) is 0 Å². The summed E-state index contributed by atoms with van der Waals surface area (Å²) in [5.41, 5.74) is 5.87. The number of aromatic nitrogens is 1. The van der Waals surface area contributed by atoms with Crippen molar-refractivity contribution in [1.82, 2.24) is 10.3 Å². The zero-order chi connectivity index (χ0) is 19.9. The van der Waals surface area contributed by atoms with Crippen molar-refractivity contribution in [1.29, 1.82) is 0 Å². The third-order valence-electron chi connectivity index (χ3n) is 5.02. The van der Waals surface area contributed by atoms with E-state index < -0.39 is 5.97 Å². The molecule has 5 nitrogen and oxygen atoms in total. The lowest BCUT2D eigenvalue weighted by molar-refractivity contribution is -0.137. The highest BCUT2D eigenvalue weighted by Gasteiger charge is 2.22. The highest BCUT2D eigenvalue weighted by molar-refractivity contribution is 5.80. The average molecular weight is 378 g/mol. The Morgan fingerprint density at radius 1 is 1.18 bits per heavy atom. The van der Waals surface area contributed by atoms with Gasteiger partial charge in [-0.25, -0.2) is 0 Å². The first-order valence-electron chi connectivity index (χ1n) is 9.74. The number of amides is 1. The zero-order valence-corrected chi connectivity index (χ0v) is 16.1. The number of rotatable bonds is 8. The van der Waals surface area contributed by atoms with Crippen LogP contribution in [-0.2, 0) is 22.4 Å². The largest absolute Gasteiger partial charge is 0.481 e. The van der Waals surface area contributed by atoms with Gasteiger partial charge < -0.3 is 10.4 Å².